The van der Waals surface area contributed by atoms with E-state index in [0.29, 0.717) is 5.56 Å². The van der Waals surface area contributed by atoms with Crippen LogP contribution in [0, 0.1) is 6.92 Å². The Morgan fingerprint density at radius 2 is 1.82 bits per heavy atom. The van der Waals surface area contributed by atoms with Crippen LogP contribution in [0.1, 0.15) is 39.6 Å². The summed E-state index contributed by atoms with van der Waals surface area (Å²) in [5.41, 5.74) is 0.792. The van der Waals surface area contributed by atoms with Crippen LogP contribution < -0.4 is 10.1 Å². The molecule has 3 aromatic rings. The van der Waals surface area contributed by atoms with Gasteiger partial charge in [-0.15, -0.1) is 0 Å². The van der Waals surface area contributed by atoms with Gasteiger partial charge in [-0.1, -0.05) is 35.9 Å². The lowest BCUT2D eigenvalue weighted by atomic mass is 10.0. The number of alkyl halides is 3. The molecule has 0 saturated carbocycles. The topological polar surface area (TPSA) is 82.5 Å². The summed E-state index contributed by atoms with van der Waals surface area (Å²) in [6.07, 6.45) is -3.34. The minimum atomic E-state index is -4.53. The van der Waals surface area contributed by atoms with Crippen LogP contribution in [0.4, 0.5) is 13.2 Å². The van der Waals surface area contributed by atoms with E-state index in [9.17, 15) is 22.8 Å². The minimum Gasteiger partial charge on any atom is -0.493 e. The second kappa shape index (κ2) is 9.76. The van der Waals surface area contributed by atoms with Crippen molar-refractivity contribution < 1.29 is 32.2 Å². The van der Waals surface area contributed by atoms with Crippen molar-refractivity contribution in [3.8, 4) is 11.4 Å². The van der Waals surface area contributed by atoms with E-state index in [-0.39, 0.29) is 23.6 Å². The molecule has 174 valence electrons. The molecule has 0 aliphatic rings. The summed E-state index contributed by atoms with van der Waals surface area (Å²) >= 11 is 0. The third-order valence-corrected chi connectivity index (χ3v) is 4.94. The van der Waals surface area contributed by atoms with Gasteiger partial charge in [-0.2, -0.15) is 18.3 Å². The molecule has 1 N–H and O–H groups in total. The lowest BCUT2D eigenvalue weighted by Crippen LogP contribution is -2.31. The highest BCUT2D eigenvalue weighted by Gasteiger charge is 2.31. The van der Waals surface area contributed by atoms with E-state index >= 15 is 0 Å². The summed E-state index contributed by atoms with van der Waals surface area (Å²) in [6, 6.07) is 11.1. The average molecular weight is 461 g/mol. The molecule has 3 rings (SSSR count). The Labute approximate surface area is 188 Å². The standard InChI is InChI=1S/C23H22F3N3O4/c1-14-7-9-15(10-8-14)18(12-20(30)33-3)27-22(31)21-19(32-2)13-29(28-21)17-6-4-5-16(11-17)23(24,25)26/h4-11,13,18H,12H2,1-3H3,(H,27,31). The van der Waals surface area contributed by atoms with Gasteiger partial charge < -0.3 is 14.8 Å². The first kappa shape index (κ1) is 23.8. The molecule has 1 aromatic heterocycles. The van der Waals surface area contributed by atoms with Gasteiger partial charge in [0, 0.05) is 0 Å². The fourth-order valence-corrected chi connectivity index (χ4v) is 3.15. The van der Waals surface area contributed by atoms with Gasteiger partial charge in [0.2, 0.25) is 0 Å². The van der Waals surface area contributed by atoms with E-state index in [1.165, 1.54) is 32.5 Å². The highest BCUT2D eigenvalue weighted by molar-refractivity contribution is 5.95. The fourth-order valence-electron chi connectivity index (χ4n) is 3.15. The van der Waals surface area contributed by atoms with E-state index in [0.717, 1.165) is 22.4 Å². The molecular weight excluding hydrogens is 439 g/mol. The van der Waals surface area contributed by atoms with Crippen molar-refractivity contribution in [1.82, 2.24) is 15.1 Å². The first-order valence-corrected chi connectivity index (χ1v) is 9.88. The van der Waals surface area contributed by atoms with Gasteiger partial charge >= 0.3 is 12.1 Å². The monoisotopic (exact) mass is 461 g/mol. The van der Waals surface area contributed by atoms with Crippen molar-refractivity contribution in [2.75, 3.05) is 14.2 Å². The normalized spacial score (nSPS) is 12.2. The lowest BCUT2D eigenvalue weighted by molar-refractivity contribution is -0.141. The zero-order valence-corrected chi connectivity index (χ0v) is 18.1. The molecule has 2 aromatic carbocycles. The Kier molecular flexibility index (Phi) is 7.05. The molecule has 0 spiro atoms. The smallest absolute Gasteiger partial charge is 0.416 e. The highest BCUT2D eigenvalue weighted by atomic mass is 19.4. The van der Waals surface area contributed by atoms with Gasteiger partial charge in [0.15, 0.2) is 11.4 Å². The van der Waals surface area contributed by atoms with Gasteiger partial charge in [-0.25, -0.2) is 4.68 Å². The maximum atomic E-state index is 13.1. The number of aromatic nitrogens is 2. The number of carbonyl (C=O) groups is 2. The van der Waals surface area contributed by atoms with E-state index in [4.69, 9.17) is 9.47 Å². The number of methoxy groups -OCH3 is 2. The number of benzene rings is 2. The van der Waals surface area contributed by atoms with Crippen LogP contribution in [0.25, 0.3) is 5.69 Å². The predicted molar refractivity (Wildman–Crippen MR) is 113 cm³/mol. The first-order valence-electron chi connectivity index (χ1n) is 9.88. The largest absolute Gasteiger partial charge is 0.493 e. The third kappa shape index (κ3) is 5.71. The molecule has 1 unspecified atom stereocenters. The molecule has 0 saturated heterocycles. The predicted octanol–water partition coefficient (Wildman–Crippen LogP) is 4.24. The number of esters is 1. The van der Waals surface area contributed by atoms with E-state index < -0.39 is 29.7 Å². The highest BCUT2D eigenvalue weighted by Crippen LogP contribution is 2.31. The van der Waals surface area contributed by atoms with Crippen LogP contribution >= 0.6 is 0 Å². The summed E-state index contributed by atoms with van der Waals surface area (Å²) in [4.78, 5) is 24.9. The van der Waals surface area contributed by atoms with Crippen molar-refractivity contribution in [3.63, 3.8) is 0 Å². The summed E-state index contributed by atoms with van der Waals surface area (Å²) < 4.78 is 50.3. The number of nitrogens with one attached hydrogen (secondary N) is 1. The van der Waals surface area contributed by atoms with Gasteiger partial charge in [0.1, 0.15) is 0 Å². The maximum Gasteiger partial charge on any atom is 0.416 e. The van der Waals surface area contributed by atoms with Crippen LogP contribution in [0.15, 0.2) is 54.7 Å². The van der Waals surface area contributed by atoms with Crippen molar-refractivity contribution in [1.29, 1.82) is 0 Å². The summed E-state index contributed by atoms with van der Waals surface area (Å²) in [5, 5.41) is 6.86. The summed E-state index contributed by atoms with van der Waals surface area (Å²) in [6.45, 7) is 1.91. The Morgan fingerprint density at radius 1 is 1.12 bits per heavy atom. The molecule has 1 heterocycles. The molecular formula is C23H22F3N3O4. The van der Waals surface area contributed by atoms with Gasteiger partial charge in [0.25, 0.3) is 5.91 Å². The van der Waals surface area contributed by atoms with Crippen LogP contribution in [-0.4, -0.2) is 35.9 Å². The van der Waals surface area contributed by atoms with E-state index in [1.54, 1.807) is 12.1 Å². The molecule has 0 bridgehead atoms. The summed E-state index contributed by atoms with van der Waals surface area (Å²) in [5.74, 6) is -1.12. The first-order chi connectivity index (χ1) is 15.6. The number of aryl methyl sites for hydroxylation is 1. The SMILES string of the molecule is COC(=O)CC(NC(=O)c1nn(-c2cccc(C(F)(F)F)c2)cc1OC)c1ccc(C)cc1. The van der Waals surface area contributed by atoms with Gasteiger partial charge in [-0.05, 0) is 30.7 Å². The number of ether oxygens (including phenoxy) is 2. The van der Waals surface area contributed by atoms with E-state index in [1.807, 2.05) is 19.1 Å². The Balaban J connectivity index is 1.91. The lowest BCUT2D eigenvalue weighted by Gasteiger charge is -2.18. The van der Waals surface area contributed by atoms with Crippen LogP contribution in [0.5, 0.6) is 5.75 Å². The minimum absolute atomic E-state index is 0.0608. The molecule has 7 nitrogen and oxygen atoms in total. The molecule has 0 fully saturated rings. The number of nitrogens with zero attached hydrogens (tertiary/aromatic N) is 2. The molecule has 0 radical (unpaired) electrons. The van der Waals surface area contributed by atoms with Crippen molar-refractivity contribution in [3.05, 3.63) is 77.1 Å². The van der Waals surface area contributed by atoms with E-state index in [2.05, 4.69) is 10.4 Å². The summed E-state index contributed by atoms with van der Waals surface area (Å²) in [7, 11) is 2.56. The Hall–Kier alpha value is -3.82. The van der Waals surface area contributed by atoms with Crippen LogP contribution in [-0.2, 0) is 15.7 Å². The molecule has 10 heteroatoms. The van der Waals surface area contributed by atoms with Crippen molar-refractivity contribution in [2.24, 2.45) is 0 Å². The number of carbonyl (C=O) groups excluding carboxylic acids is 2. The Morgan fingerprint density at radius 3 is 2.42 bits per heavy atom. The van der Waals surface area contributed by atoms with Gasteiger partial charge in [0.05, 0.1) is 44.1 Å². The molecule has 33 heavy (non-hydrogen) atoms. The quantitative estimate of drug-likeness (QED) is 0.532. The number of hydrogen-bond donors (Lipinski definition) is 1. The number of halogens is 3. The number of hydrogen-bond acceptors (Lipinski definition) is 5. The zero-order chi connectivity index (χ0) is 24.2. The second-order valence-corrected chi connectivity index (χ2v) is 7.26. The zero-order valence-electron chi connectivity index (χ0n) is 18.1. The average Bonchev–Trinajstić information content (AvgIpc) is 3.23. The van der Waals surface area contributed by atoms with Gasteiger partial charge in [-0.3, -0.25) is 9.59 Å². The van der Waals surface area contributed by atoms with Crippen molar-refractivity contribution >= 4 is 11.9 Å². The number of amides is 1. The molecule has 1 amide bonds. The van der Waals surface area contributed by atoms with Crippen LogP contribution in [0.2, 0.25) is 0 Å². The fraction of sp³-hybridized carbons (Fsp3) is 0.261. The molecule has 0 aliphatic heterocycles. The molecule has 0 aliphatic carbocycles. The third-order valence-electron chi connectivity index (χ3n) is 4.94. The maximum absolute atomic E-state index is 13.1. The second-order valence-electron chi connectivity index (χ2n) is 7.26. The number of rotatable bonds is 7. The molecule has 1 atom stereocenters. The van der Waals surface area contributed by atoms with Crippen molar-refractivity contribution in [2.45, 2.75) is 25.6 Å². The Bertz CT molecular complexity index is 1140. The van der Waals surface area contributed by atoms with Crippen LogP contribution in [0.3, 0.4) is 0 Å².